The van der Waals surface area contributed by atoms with E-state index in [1.54, 1.807) is 37.3 Å². The second kappa shape index (κ2) is 3.40. The number of hydrogen-bond donors (Lipinski definition) is 0. The molecule has 66 valence electrons. The van der Waals surface area contributed by atoms with Gasteiger partial charge in [-0.25, -0.2) is 0 Å². The molecule has 0 N–H and O–H groups in total. The normalized spacial score (nSPS) is 26.1. The van der Waals surface area contributed by atoms with Crippen molar-refractivity contribution < 1.29 is 4.79 Å². The molecule has 0 amide bonds. The number of nitrogens with zero attached hydrogens (tertiary/aromatic N) is 1. The maximum atomic E-state index is 11.3. The molecule has 2 nitrogen and oxygen atoms in total. The molecule has 0 aromatic rings. The standard InChI is InChI=1S/C11H11NO/c1-9(13)11(2)6-3-4-10(8-12)5-7-11/h3-7H,1-2H3. The van der Waals surface area contributed by atoms with Crippen molar-refractivity contribution in [2.45, 2.75) is 13.8 Å². The van der Waals surface area contributed by atoms with Crippen LogP contribution in [0.15, 0.2) is 36.0 Å². The molecule has 0 heterocycles. The van der Waals surface area contributed by atoms with Gasteiger partial charge in [0.05, 0.1) is 17.1 Å². The Labute approximate surface area is 77.9 Å². The zero-order valence-corrected chi connectivity index (χ0v) is 7.74. The van der Waals surface area contributed by atoms with Gasteiger partial charge in [-0.3, -0.25) is 4.79 Å². The fraction of sp³-hybridized carbons (Fsp3) is 0.273. The molecule has 0 saturated carbocycles. The Kier molecular flexibility index (Phi) is 2.48. The molecule has 0 radical (unpaired) electrons. The predicted molar refractivity (Wildman–Crippen MR) is 50.8 cm³/mol. The maximum absolute atomic E-state index is 11.3. The summed E-state index contributed by atoms with van der Waals surface area (Å²) < 4.78 is 0. The highest BCUT2D eigenvalue weighted by molar-refractivity contribution is 5.86. The molecule has 0 aliphatic heterocycles. The van der Waals surface area contributed by atoms with Gasteiger partial charge in [0.1, 0.15) is 5.78 Å². The number of ketones is 1. The average molecular weight is 173 g/mol. The van der Waals surface area contributed by atoms with Crippen LogP contribution < -0.4 is 0 Å². The first-order valence-electron chi connectivity index (χ1n) is 4.08. The van der Waals surface area contributed by atoms with Gasteiger partial charge < -0.3 is 0 Å². The van der Waals surface area contributed by atoms with Gasteiger partial charge in [0.25, 0.3) is 0 Å². The third-order valence-corrected chi connectivity index (χ3v) is 2.22. The van der Waals surface area contributed by atoms with Gasteiger partial charge >= 0.3 is 0 Å². The predicted octanol–water partition coefficient (Wildman–Crippen LogP) is 2.16. The van der Waals surface area contributed by atoms with E-state index in [1.165, 1.54) is 0 Å². The van der Waals surface area contributed by atoms with E-state index < -0.39 is 5.41 Å². The second-order valence-corrected chi connectivity index (χ2v) is 3.27. The number of carbonyl (C=O) groups is 1. The number of nitriles is 1. The Morgan fingerprint density at radius 3 is 2.77 bits per heavy atom. The summed E-state index contributed by atoms with van der Waals surface area (Å²) >= 11 is 0. The molecule has 0 saturated heterocycles. The largest absolute Gasteiger partial charge is 0.299 e. The molecular formula is C11H11NO. The van der Waals surface area contributed by atoms with Crippen molar-refractivity contribution >= 4 is 5.78 Å². The smallest absolute Gasteiger partial charge is 0.143 e. The van der Waals surface area contributed by atoms with Crippen LogP contribution in [-0.2, 0) is 4.79 Å². The van der Waals surface area contributed by atoms with E-state index in [0.717, 1.165) is 0 Å². The second-order valence-electron chi connectivity index (χ2n) is 3.27. The fourth-order valence-corrected chi connectivity index (χ4v) is 1.03. The highest BCUT2D eigenvalue weighted by Crippen LogP contribution is 2.24. The molecule has 0 fully saturated rings. The molecular weight excluding hydrogens is 162 g/mol. The van der Waals surface area contributed by atoms with E-state index in [4.69, 9.17) is 5.26 Å². The van der Waals surface area contributed by atoms with Crippen molar-refractivity contribution in [1.29, 1.82) is 5.26 Å². The maximum Gasteiger partial charge on any atom is 0.143 e. The lowest BCUT2D eigenvalue weighted by Crippen LogP contribution is -2.19. The highest BCUT2D eigenvalue weighted by Gasteiger charge is 2.23. The first-order valence-corrected chi connectivity index (χ1v) is 4.08. The van der Waals surface area contributed by atoms with Crippen LogP contribution in [-0.4, -0.2) is 5.78 Å². The van der Waals surface area contributed by atoms with E-state index in [-0.39, 0.29) is 5.78 Å². The summed E-state index contributed by atoms with van der Waals surface area (Å²) in [6, 6.07) is 2.03. The van der Waals surface area contributed by atoms with Gasteiger partial charge in [0.2, 0.25) is 0 Å². The fourth-order valence-electron chi connectivity index (χ4n) is 1.03. The molecule has 1 atom stereocenters. The van der Waals surface area contributed by atoms with E-state index in [9.17, 15) is 4.79 Å². The summed E-state index contributed by atoms with van der Waals surface area (Å²) in [6.07, 6.45) is 8.69. The van der Waals surface area contributed by atoms with Crippen LogP contribution in [0, 0.1) is 16.7 Å². The zero-order valence-electron chi connectivity index (χ0n) is 7.74. The summed E-state index contributed by atoms with van der Waals surface area (Å²) in [5.74, 6) is 0.0765. The third-order valence-electron chi connectivity index (χ3n) is 2.22. The molecule has 1 aliphatic rings. The summed E-state index contributed by atoms with van der Waals surface area (Å²) in [4.78, 5) is 11.3. The van der Waals surface area contributed by atoms with Crippen LogP contribution in [0.1, 0.15) is 13.8 Å². The van der Waals surface area contributed by atoms with Crippen LogP contribution in [0.25, 0.3) is 0 Å². The summed E-state index contributed by atoms with van der Waals surface area (Å²) in [5.41, 5.74) is 0.0102. The average Bonchev–Trinajstić information content (AvgIpc) is 2.28. The van der Waals surface area contributed by atoms with Crippen molar-refractivity contribution in [3.8, 4) is 6.07 Å². The van der Waals surface area contributed by atoms with Gasteiger partial charge in [0.15, 0.2) is 0 Å². The molecule has 1 unspecified atom stereocenters. The van der Waals surface area contributed by atoms with Crippen molar-refractivity contribution in [1.82, 2.24) is 0 Å². The molecule has 0 aromatic heterocycles. The molecule has 0 bridgehead atoms. The number of Topliss-reactive ketones (excluding diaryl/α,β-unsaturated/α-hetero) is 1. The van der Waals surface area contributed by atoms with Crippen molar-refractivity contribution in [2.24, 2.45) is 5.41 Å². The topological polar surface area (TPSA) is 40.9 Å². The van der Waals surface area contributed by atoms with E-state index in [2.05, 4.69) is 0 Å². The molecule has 13 heavy (non-hydrogen) atoms. The van der Waals surface area contributed by atoms with E-state index >= 15 is 0 Å². The molecule has 0 spiro atoms. The Bertz CT molecular complexity index is 355. The van der Waals surface area contributed by atoms with Gasteiger partial charge in [-0.1, -0.05) is 18.2 Å². The summed E-state index contributed by atoms with van der Waals surface area (Å²) in [6.45, 7) is 3.38. The SMILES string of the molecule is CC(=O)C1(C)C=CC=C(C#N)C=C1. The molecule has 0 aromatic carbocycles. The first kappa shape index (κ1) is 9.47. The lowest BCUT2D eigenvalue weighted by atomic mass is 9.86. The van der Waals surface area contributed by atoms with Crippen molar-refractivity contribution in [2.75, 3.05) is 0 Å². The first-order chi connectivity index (χ1) is 6.08. The molecule has 1 rings (SSSR count). The Morgan fingerprint density at radius 1 is 1.54 bits per heavy atom. The minimum atomic E-state index is -0.560. The van der Waals surface area contributed by atoms with Crippen molar-refractivity contribution in [3.63, 3.8) is 0 Å². The Balaban J connectivity index is 3.04. The quantitative estimate of drug-likeness (QED) is 0.609. The van der Waals surface area contributed by atoms with Crippen LogP contribution in [0.4, 0.5) is 0 Å². The van der Waals surface area contributed by atoms with Crippen LogP contribution in [0.3, 0.4) is 0 Å². The van der Waals surface area contributed by atoms with Crippen LogP contribution in [0.2, 0.25) is 0 Å². The van der Waals surface area contributed by atoms with E-state index in [0.29, 0.717) is 5.57 Å². The number of rotatable bonds is 1. The number of hydrogen-bond acceptors (Lipinski definition) is 2. The Morgan fingerprint density at radius 2 is 2.23 bits per heavy atom. The van der Waals surface area contributed by atoms with Crippen molar-refractivity contribution in [3.05, 3.63) is 36.0 Å². The monoisotopic (exact) mass is 173 g/mol. The highest BCUT2D eigenvalue weighted by atomic mass is 16.1. The lowest BCUT2D eigenvalue weighted by molar-refractivity contribution is -0.121. The third kappa shape index (κ3) is 1.94. The number of carbonyl (C=O) groups excluding carboxylic acids is 1. The van der Waals surface area contributed by atoms with Gasteiger partial charge in [0, 0.05) is 0 Å². The summed E-state index contributed by atoms with van der Waals surface area (Å²) in [5, 5.41) is 8.64. The van der Waals surface area contributed by atoms with Gasteiger partial charge in [-0.2, -0.15) is 5.26 Å². The minimum absolute atomic E-state index is 0.0765. The van der Waals surface area contributed by atoms with Crippen LogP contribution in [0.5, 0.6) is 0 Å². The van der Waals surface area contributed by atoms with E-state index in [1.807, 2.05) is 13.0 Å². The zero-order chi connectivity index (χ0) is 9.90. The Hall–Kier alpha value is -1.62. The number of allylic oxidation sites excluding steroid dienone is 6. The molecule has 2 heteroatoms. The van der Waals surface area contributed by atoms with Crippen LogP contribution >= 0.6 is 0 Å². The van der Waals surface area contributed by atoms with Gasteiger partial charge in [-0.05, 0) is 26.0 Å². The minimum Gasteiger partial charge on any atom is -0.299 e. The summed E-state index contributed by atoms with van der Waals surface area (Å²) in [7, 11) is 0. The van der Waals surface area contributed by atoms with Gasteiger partial charge in [-0.15, -0.1) is 0 Å². The molecule has 1 aliphatic carbocycles. The lowest BCUT2D eigenvalue weighted by Gasteiger charge is -2.16.